The summed E-state index contributed by atoms with van der Waals surface area (Å²) in [5.41, 5.74) is 0.198. The quantitative estimate of drug-likeness (QED) is 0.615. The monoisotopic (exact) mass is 290 g/mol. The van der Waals surface area contributed by atoms with Gasteiger partial charge in [-0.05, 0) is 25.0 Å². The summed E-state index contributed by atoms with van der Waals surface area (Å²) in [4.78, 5) is 22.0. The molecular weight excluding hydrogens is 272 g/mol. The van der Waals surface area contributed by atoms with Gasteiger partial charge < -0.3 is 10.6 Å². The third kappa shape index (κ3) is 4.76. The van der Waals surface area contributed by atoms with Gasteiger partial charge in [0.05, 0.1) is 4.92 Å². The number of amides is 1. The number of benzene rings is 1. The number of nitrogens with zero attached hydrogens (tertiary/aromatic N) is 2. The van der Waals surface area contributed by atoms with Gasteiger partial charge in [0, 0.05) is 18.3 Å². The van der Waals surface area contributed by atoms with Crippen LogP contribution in [0.2, 0.25) is 0 Å². The maximum absolute atomic E-state index is 11.8. The molecule has 0 aliphatic rings. The Bertz CT molecular complexity index is 578. The van der Waals surface area contributed by atoms with Crippen molar-refractivity contribution in [1.82, 2.24) is 5.32 Å². The van der Waals surface area contributed by atoms with Gasteiger partial charge in [-0.3, -0.25) is 14.9 Å². The molecule has 0 aliphatic heterocycles. The molecule has 0 saturated carbocycles. The van der Waals surface area contributed by atoms with E-state index in [0.29, 0.717) is 18.2 Å². The van der Waals surface area contributed by atoms with Crippen LogP contribution in [-0.2, 0) is 4.79 Å². The van der Waals surface area contributed by atoms with Gasteiger partial charge in [0.15, 0.2) is 0 Å². The van der Waals surface area contributed by atoms with Crippen molar-refractivity contribution >= 4 is 17.3 Å². The molecule has 1 rings (SSSR count). The van der Waals surface area contributed by atoms with E-state index in [9.17, 15) is 14.9 Å². The van der Waals surface area contributed by atoms with Crippen LogP contribution < -0.4 is 10.6 Å². The summed E-state index contributed by atoms with van der Waals surface area (Å²) >= 11 is 0. The lowest BCUT2D eigenvalue weighted by Gasteiger charge is -2.16. The van der Waals surface area contributed by atoms with Gasteiger partial charge in [0.1, 0.15) is 17.7 Å². The lowest BCUT2D eigenvalue weighted by atomic mass is 10.1. The minimum atomic E-state index is -0.610. The van der Waals surface area contributed by atoms with E-state index in [2.05, 4.69) is 10.6 Å². The van der Waals surface area contributed by atoms with Crippen LogP contribution in [0.1, 0.15) is 26.3 Å². The zero-order valence-electron chi connectivity index (χ0n) is 12.2. The first kappa shape index (κ1) is 16.4. The number of rotatable bonds is 6. The zero-order chi connectivity index (χ0) is 16.0. The highest BCUT2D eigenvalue weighted by Gasteiger charge is 2.16. The SMILES string of the molecule is CC(C)CNC(=O)C(C)Nc1ccc([N+](=O)[O-])c(C#N)c1. The average Bonchev–Trinajstić information content (AvgIpc) is 2.43. The highest BCUT2D eigenvalue weighted by atomic mass is 16.6. The summed E-state index contributed by atoms with van der Waals surface area (Å²) in [5, 5.41) is 25.4. The fourth-order valence-corrected chi connectivity index (χ4v) is 1.65. The van der Waals surface area contributed by atoms with Gasteiger partial charge in [0.2, 0.25) is 5.91 Å². The Labute approximate surface area is 123 Å². The Morgan fingerprint density at radius 2 is 2.10 bits per heavy atom. The number of carbonyl (C=O) groups is 1. The molecule has 7 nitrogen and oxygen atoms in total. The van der Waals surface area contributed by atoms with E-state index in [1.54, 1.807) is 13.0 Å². The first-order valence-electron chi connectivity index (χ1n) is 6.58. The Kier molecular flexibility index (Phi) is 5.67. The van der Waals surface area contributed by atoms with Crippen molar-refractivity contribution in [1.29, 1.82) is 5.26 Å². The van der Waals surface area contributed by atoms with Crippen molar-refractivity contribution in [2.75, 3.05) is 11.9 Å². The van der Waals surface area contributed by atoms with Gasteiger partial charge in [0.25, 0.3) is 5.69 Å². The third-order valence-electron chi connectivity index (χ3n) is 2.77. The first-order valence-corrected chi connectivity index (χ1v) is 6.58. The van der Waals surface area contributed by atoms with E-state index in [1.165, 1.54) is 18.2 Å². The Balaban J connectivity index is 2.77. The Hall–Kier alpha value is -2.62. The van der Waals surface area contributed by atoms with Crippen LogP contribution in [0.3, 0.4) is 0 Å². The van der Waals surface area contributed by atoms with Crippen LogP contribution in [0.25, 0.3) is 0 Å². The number of nitriles is 1. The largest absolute Gasteiger partial charge is 0.374 e. The van der Waals surface area contributed by atoms with Crippen LogP contribution in [0.15, 0.2) is 18.2 Å². The van der Waals surface area contributed by atoms with E-state index in [-0.39, 0.29) is 17.2 Å². The van der Waals surface area contributed by atoms with Crippen molar-refractivity contribution in [2.24, 2.45) is 5.92 Å². The van der Waals surface area contributed by atoms with E-state index >= 15 is 0 Å². The summed E-state index contributed by atoms with van der Waals surface area (Å²) < 4.78 is 0. The number of hydrogen-bond acceptors (Lipinski definition) is 5. The van der Waals surface area contributed by atoms with Crippen molar-refractivity contribution in [3.05, 3.63) is 33.9 Å². The maximum atomic E-state index is 11.8. The maximum Gasteiger partial charge on any atom is 0.287 e. The van der Waals surface area contributed by atoms with Gasteiger partial charge in [-0.1, -0.05) is 13.8 Å². The Morgan fingerprint density at radius 3 is 2.62 bits per heavy atom. The molecule has 0 spiro atoms. The van der Waals surface area contributed by atoms with Gasteiger partial charge in [-0.2, -0.15) is 5.26 Å². The predicted octanol–water partition coefficient (Wildman–Crippen LogP) is 2.04. The molecule has 1 aromatic rings. The molecule has 0 aliphatic carbocycles. The van der Waals surface area contributed by atoms with Crippen LogP contribution >= 0.6 is 0 Å². The summed E-state index contributed by atoms with van der Waals surface area (Å²) in [6, 6.07) is 5.37. The number of nitro groups is 1. The van der Waals surface area contributed by atoms with E-state index < -0.39 is 11.0 Å². The van der Waals surface area contributed by atoms with Crippen LogP contribution in [0, 0.1) is 27.4 Å². The second kappa shape index (κ2) is 7.24. The number of nitro benzene ring substituents is 1. The highest BCUT2D eigenvalue weighted by molar-refractivity contribution is 5.84. The predicted molar refractivity (Wildman–Crippen MR) is 78.7 cm³/mol. The molecule has 7 heteroatoms. The lowest BCUT2D eigenvalue weighted by Crippen LogP contribution is -2.39. The lowest BCUT2D eigenvalue weighted by molar-refractivity contribution is -0.385. The summed E-state index contributed by atoms with van der Waals surface area (Å²) in [6.07, 6.45) is 0. The van der Waals surface area contributed by atoms with E-state index in [0.717, 1.165) is 0 Å². The Morgan fingerprint density at radius 1 is 1.43 bits per heavy atom. The first-order chi connectivity index (χ1) is 9.85. The van der Waals surface area contributed by atoms with E-state index in [4.69, 9.17) is 5.26 Å². The van der Waals surface area contributed by atoms with Crippen molar-refractivity contribution in [2.45, 2.75) is 26.8 Å². The van der Waals surface area contributed by atoms with Crippen molar-refractivity contribution in [3.8, 4) is 6.07 Å². The molecule has 0 fully saturated rings. The normalized spacial score (nSPS) is 11.6. The smallest absolute Gasteiger partial charge is 0.287 e. The van der Waals surface area contributed by atoms with Crippen LogP contribution in [-0.4, -0.2) is 23.4 Å². The fourth-order valence-electron chi connectivity index (χ4n) is 1.65. The molecule has 0 heterocycles. The molecule has 112 valence electrons. The standard InChI is InChI=1S/C14H18N4O3/c1-9(2)8-16-14(19)10(3)17-12-4-5-13(18(20)21)11(6-12)7-15/h4-6,9-10,17H,8H2,1-3H3,(H,16,19). The molecule has 0 radical (unpaired) electrons. The molecule has 1 amide bonds. The van der Waals surface area contributed by atoms with Crippen molar-refractivity contribution < 1.29 is 9.72 Å². The van der Waals surface area contributed by atoms with E-state index in [1.807, 2.05) is 13.8 Å². The minimum Gasteiger partial charge on any atom is -0.374 e. The molecule has 2 N–H and O–H groups in total. The minimum absolute atomic E-state index is 0.0419. The van der Waals surface area contributed by atoms with Gasteiger partial charge >= 0.3 is 0 Å². The number of anilines is 1. The van der Waals surface area contributed by atoms with Gasteiger partial charge in [-0.15, -0.1) is 0 Å². The second-order valence-corrected chi connectivity index (χ2v) is 5.11. The summed E-state index contributed by atoms with van der Waals surface area (Å²) in [7, 11) is 0. The number of carbonyl (C=O) groups excluding carboxylic acids is 1. The van der Waals surface area contributed by atoms with Crippen LogP contribution in [0.4, 0.5) is 11.4 Å². The molecule has 0 aromatic heterocycles. The third-order valence-corrected chi connectivity index (χ3v) is 2.77. The molecule has 1 unspecified atom stereocenters. The van der Waals surface area contributed by atoms with Crippen molar-refractivity contribution in [3.63, 3.8) is 0 Å². The highest BCUT2D eigenvalue weighted by Crippen LogP contribution is 2.22. The molecular formula is C14H18N4O3. The second-order valence-electron chi connectivity index (χ2n) is 5.11. The summed E-state index contributed by atoms with van der Waals surface area (Å²) in [5.74, 6) is 0.186. The average molecular weight is 290 g/mol. The van der Waals surface area contributed by atoms with Crippen LogP contribution in [0.5, 0.6) is 0 Å². The molecule has 0 saturated heterocycles. The molecule has 1 atom stereocenters. The van der Waals surface area contributed by atoms with Gasteiger partial charge in [-0.25, -0.2) is 0 Å². The molecule has 1 aromatic carbocycles. The zero-order valence-corrected chi connectivity index (χ0v) is 12.2. The topological polar surface area (TPSA) is 108 Å². The number of hydrogen-bond donors (Lipinski definition) is 2. The molecule has 21 heavy (non-hydrogen) atoms. The fraction of sp³-hybridized carbons (Fsp3) is 0.429. The molecule has 0 bridgehead atoms. The number of nitrogens with one attached hydrogen (secondary N) is 2. The summed E-state index contributed by atoms with van der Waals surface area (Å²) in [6.45, 7) is 6.25.